The van der Waals surface area contributed by atoms with Crippen LogP contribution in [-0.2, 0) is 12.7 Å². The molecule has 2 rings (SSSR count). The van der Waals surface area contributed by atoms with Crippen molar-refractivity contribution in [1.82, 2.24) is 5.32 Å². The van der Waals surface area contributed by atoms with E-state index in [-0.39, 0.29) is 17.8 Å². The highest BCUT2D eigenvalue weighted by molar-refractivity contribution is 5.51. The van der Waals surface area contributed by atoms with Crippen LogP contribution in [0.15, 0.2) is 18.2 Å². The van der Waals surface area contributed by atoms with Crippen molar-refractivity contribution in [3.63, 3.8) is 0 Å². The summed E-state index contributed by atoms with van der Waals surface area (Å²) in [5.41, 5.74) is 5.30. The van der Waals surface area contributed by atoms with Crippen molar-refractivity contribution in [2.24, 2.45) is 0 Å². The van der Waals surface area contributed by atoms with Gasteiger partial charge in [-0.2, -0.15) is 13.2 Å². The second kappa shape index (κ2) is 3.97. The maximum Gasteiger partial charge on any atom is 0.416 e. The lowest BCUT2D eigenvalue weighted by atomic mass is 10.0. The maximum atomic E-state index is 12.7. The molecule has 1 saturated carbocycles. The van der Waals surface area contributed by atoms with E-state index in [4.69, 9.17) is 5.73 Å². The van der Waals surface area contributed by atoms with Crippen LogP contribution in [0, 0.1) is 0 Å². The molecule has 16 heavy (non-hydrogen) atoms. The Morgan fingerprint density at radius 1 is 1.31 bits per heavy atom. The fourth-order valence-electron chi connectivity index (χ4n) is 1.60. The number of benzene rings is 1. The zero-order chi connectivity index (χ0) is 11.8. The van der Waals surface area contributed by atoms with Gasteiger partial charge >= 0.3 is 6.18 Å². The van der Waals surface area contributed by atoms with Crippen LogP contribution >= 0.6 is 0 Å². The van der Waals surface area contributed by atoms with Gasteiger partial charge in [0.15, 0.2) is 0 Å². The fraction of sp³-hybridized carbons (Fsp3) is 0.455. The Balaban J connectivity index is 2.24. The first-order valence-corrected chi connectivity index (χ1v) is 5.16. The number of nitrogens with two attached hydrogens (primary N) is 1. The van der Waals surface area contributed by atoms with E-state index in [1.165, 1.54) is 12.1 Å². The van der Waals surface area contributed by atoms with Gasteiger partial charge in [0, 0.05) is 23.8 Å². The minimum Gasteiger partial charge on any atom is -0.398 e. The van der Waals surface area contributed by atoms with Crippen LogP contribution < -0.4 is 11.1 Å². The third kappa shape index (κ3) is 2.47. The Hall–Kier alpha value is -1.23. The van der Waals surface area contributed by atoms with Crippen LogP contribution in [-0.4, -0.2) is 6.04 Å². The van der Waals surface area contributed by atoms with Gasteiger partial charge < -0.3 is 11.1 Å². The highest BCUT2D eigenvalue weighted by atomic mass is 19.4. The summed E-state index contributed by atoms with van der Waals surface area (Å²) in [7, 11) is 0. The van der Waals surface area contributed by atoms with Crippen molar-refractivity contribution in [3.05, 3.63) is 29.3 Å². The summed E-state index contributed by atoms with van der Waals surface area (Å²) in [6, 6.07) is 4.26. The van der Waals surface area contributed by atoms with Gasteiger partial charge in [0.25, 0.3) is 0 Å². The van der Waals surface area contributed by atoms with Gasteiger partial charge in [0.2, 0.25) is 0 Å². The standard InChI is InChI=1S/C11H13F3N2/c12-11(13,14)9-2-1-3-10(15)8(9)6-16-7-4-5-7/h1-3,7,16H,4-6,15H2. The zero-order valence-corrected chi connectivity index (χ0v) is 8.64. The molecule has 0 heterocycles. The molecule has 1 fully saturated rings. The predicted octanol–water partition coefficient (Wildman–Crippen LogP) is 2.54. The van der Waals surface area contributed by atoms with Gasteiger partial charge in [-0.15, -0.1) is 0 Å². The van der Waals surface area contributed by atoms with E-state index in [2.05, 4.69) is 5.32 Å². The Kier molecular flexibility index (Phi) is 2.80. The Labute approximate surface area is 91.6 Å². The molecule has 0 radical (unpaired) electrons. The number of hydrogen-bond donors (Lipinski definition) is 2. The first-order chi connectivity index (χ1) is 7.48. The minimum atomic E-state index is -4.34. The Bertz CT molecular complexity index is 383. The molecule has 1 aliphatic carbocycles. The quantitative estimate of drug-likeness (QED) is 0.783. The molecule has 1 aromatic rings. The van der Waals surface area contributed by atoms with Crippen LogP contribution in [0.4, 0.5) is 18.9 Å². The van der Waals surface area contributed by atoms with Crippen molar-refractivity contribution < 1.29 is 13.2 Å². The van der Waals surface area contributed by atoms with E-state index in [0.717, 1.165) is 18.9 Å². The molecule has 0 amide bonds. The first kappa shape index (κ1) is 11.3. The molecule has 5 heteroatoms. The summed E-state index contributed by atoms with van der Waals surface area (Å²) >= 11 is 0. The predicted molar refractivity (Wildman–Crippen MR) is 55.7 cm³/mol. The molecular formula is C11H13F3N2. The van der Waals surface area contributed by atoms with E-state index in [1.807, 2.05) is 0 Å². The topological polar surface area (TPSA) is 38.0 Å². The second-order valence-corrected chi connectivity index (χ2v) is 4.03. The van der Waals surface area contributed by atoms with E-state index < -0.39 is 11.7 Å². The molecule has 0 aromatic heterocycles. The smallest absolute Gasteiger partial charge is 0.398 e. The highest BCUT2D eigenvalue weighted by Gasteiger charge is 2.34. The van der Waals surface area contributed by atoms with E-state index in [9.17, 15) is 13.2 Å². The van der Waals surface area contributed by atoms with E-state index >= 15 is 0 Å². The molecule has 0 unspecified atom stereocenters. The van der Waals surface area contributed by atoms with Gasteiger partial charge in [-0.3, -0.25) is 0 Å². The van der Waals surface area contributed by atoms with Crippen LogP contribution in [0.25, 0.3) is 0 Å². The zero-order valence-electron chi connectivity index (χ0n) is 8.64. The molecule has 2 nitrogen and oxygen atoms in total. The van der Waals surface area contributed by atoms with E-state index in [1.54, 1.807) is 0 Å². The highest BCUT2D eigenvalue weighted by Crippen LogP contribution is 2.34. The molecule has 1 aliphatic rings. The molecule has 0 saturated heterocycles. The number of nitrogens with one attached hydrogen (secondary N) is 1. The molecule has 0 aliphatic heterocycles. The Morgan fingerprint density at radius 3 is 2.56 bits per heavy atom. The average Bonchev–Trinajstić information content (AvgIpc) is 2.97. The third-order valence-corrected chi connectivity index (χ3v) is 2.66. The average molecular weight is 230 g/mol. The van der Waals surface area contributed by atoms with Crippen LogP contribution in [0.5, 0.6) is 0 Å². The lowest BCUT2D eigenvalue weighted by molar-refractivity contribution is -0.138. The van der Waals surface area contributed by atoms with Gasteiger partial charge in [-0.05, 0) is 25.0 Å². The van der Waals surface area contributed by atoms with Crippen molar-refractivity contribution in [2.45, 2.75) is 31.6 Å². The fourth-order valence-corrected chi connectivity index (χ4v) is 1.60. The molecule has 0 atom stereocenters. The monoisotopic (exact) mass is 230 g/mol. The van der Waals surface area contributed by atoms with Crippen molar-refractivity contribution in [3.8, 4) is 0 Å². The Morgan fingerprint density at radius 2 is 2.00 bits per heavy atom. The summed E-state index contributed by atoms with van der Waals surface area (Å²) in [5.74, 6) is 0. The number of nitrogen functional groups attached to an aromatic ring is 1. The number of anilines is 1. The molecule has 3 N–H and O–H groups in total. The molecule has 0 bridgehead atoms. The molecule has 0 spiro atoms. The molecular weight excluding hydrogens is 217 g/mol. The van der Waals surface area contributed by atoms with E-state index in [0.29, 0.717) is 6.04 Å². The van der Waals surface area contributed by atoms with Crippen LogP contribution in [0.2, 0.25) is 0 Å². The van der Waals surface area contributed by atoms with Crippen LogP contribution in [0.1, 0.15) is 24.0 Å². The lowest BCUT2D eigenvalue weighted by Crippen LogP contribution is -2.20. The summed E-state index contributed by atoms with van der Waals surface area (Å²) in [4.78, 5) is 0. The van der Waals surface area contributed by atoms with Gasteiger partial charge in [-0.1, -0.05) is 6.07 Å². The summed E-state index contributed by atoms with van der Waals surface area (Å²) < 4.78 is 38.1. The maximum absolute atomic E-state index is 12.7. The second-order valence-electron chi connectivity index (χ2n) is 4.03. The van der Waals surface area contributed by atoms with Crippen molar-refractivity contribution >= 4 is 5.69 Å². The van der Waals surface area contributed by atoms with Crippen molar-refractivity contribution in [1.29, 1.82) is 0 Å². The summed E-state index contributed by atoms with van der Waals surface area (Å²) in [6.45, 7) is 0.187. The number of halogens is 3. The van der Waals surface area contributed by atoms with Crippen molar-refractivity contribution in [2.75, 3.05) is 5.73 Å². The summed E-state index contributed by atoms with van der Waals surface area (Å²) in [5, 5.41) is 3.05. The van der Waals surface area contributed by atoms with Gasteiger partial charge in [-0.25, -0.2) is 0 Å². The number of hydrogen-bond acceptors (Lipinski definition) is 2. The number of alkyl halides is 3. The third-order valence-electron chi connectivity index (χ3n) is 2.66. The molecule has 1 aromatic carbocycles. The summed E-state index contributed by atoms with van der Waals surface area (Å²) in [6.07, 6.45) is -2.27. The SMILES string of the molecule is Nc1cccc(C(F)(F)F)c1CNC1CC1. The minimum absolute atomic E-state index is 0.155. The van der Waals surface area contributed by atoms with Gasteiger partial charge in [0.05, 0.1) is 5.56 Å². The molecule has 88 valence electrons. The number of rotatable bonds is 3. The first-order valence-electron chi connectivity index (χ1n) is 5.16. The lowest BCUT2D eigenvalue weighted by Gasteiger charge is -2.15. The van der Waals surface area contributed by atoms with Gasteiger partial charge in [0.1, 0.15) is 0 Å². The largest absolute Gasteiger partial charge is 0.416 e. The normalized spacial score (nSPS) is 16.4. The van der Waals surface area contributed by atoms with Crippen LogP contribution in [0.3, 0.4) is 0 Å².